The Morgan fingerprint density at radius 2 is 2.07 bits per heavy atom. The third kappa shape index (κ3) is 5.25. The Morgan fingerprint density at radius 3 is 2.80 bits per heavy atom. The number of nitrogens with zero attached hydrogens (tertiary/aromatic N) is 2. The number of hydrogen-bond donors (Lipinski definition) is 4. The van der Waals surface area contributed by atoms with Gasteiger partial charge in [-0.25, -0.2) is 4.98 Å². The monoisotopic (exact) mass is 411 g/mol. The fourth-order valence-electron chi connectivity index (χ4n) is 3.28. The lowest BCUT2D eigenvalue weighted by Gasteiger charge is -2.19. The second-order valence-corrected chi connectivity index (χ2v) is 7.21. The van der Waals surface area contributed by atoms with E-state index in [0.717, 1.165) is 17.1 Å². The van der Waals surface area contributed by atoms with Crippen LogP contribution in [-0.4, -0.2) is 59.0 Å². The molecule has 0 saturated heterocycles. The van der Waals surface area contributed by atoms with Gasteiger partial charge in [-0.05, 0) is 42.8 Å². The van der Waals surface area contributed by atoms with E-state index in [0.29, 0.717) is 30.9 Å². The first-order valence-corrected chi connectivity index (χ1v) is 9.65. The second kappa shape index (κ2) is 9.25. The average Bonchev–Trinajstić information content (AvgIpc) is 2.81. The summed E-state index contributed by atoms with van der Waals surface area (Å²) < 4.78 is 0. The molecule has 9 heteroatoms. The van der Waals surface area contributed by atoms with Gasteiger partial charge in [0.05, 0.1) is 6.42 Å². The van der Waals surface area contributed by atoms with Crippen molar-refractivity contribution < 1.29 is 19.5 Å². The molecule has 0 radical (unpaired) electrons. The molecule has 1 aliphatic heterocycles. The standard InChI is InChI=1S/C21H25N5O4/c1-13-4-3-5-18(24-13)22-8-9-23-20(29)14-6-7-16-15(10-14)12-26(2)21(30)17(25-16)11-19(27)28/h3-7,10,17,25H,8-9,11-12H2,1-2H3,(H,22,24)(H,23,29)(H,27,28)/t17-/m0/s1. The number of aryl methyl sites for hydroxylation is 1. The molecule has 1 aromatic carbocycles. The SMILES string of the molecule is Cc1cccc(NCCNC(=O)c2ccc3c(c2)CN(C)C(=O)[C@H](CC(=O)O)N3)n1. The third-order valence-electron chi connectivity index (χ3n) is 4.76. The Morgan fingerprint density at radius 1 is 1.27 bits per heavy atom. The van der Waals surface area contributed by atoms with E-state index in [2.05, 4.69) is 20.9 Å². The van der Waals surface area contributed by atoms with Gasteiger partial charge in [-0.3, -0.25) is 14.4 Å². The van der Waals surface area contributed by atoms with E-state index < -0.39 is 12.0 Å². The van der Waals surface area contributed by atoms with E-state index in [1.165, 1.54) is 4.90 Å². The van der Waals surface area contributed by atoms with Crippen molar-refractivity contribution in [3.05, 3.63) is 53.2 Å². The number of carboxylic acids is 1. The lowest BCUT2D eigenvalue weighted by atomic mass is 10.1. The minimum absolute atomic E-state index is 0.225. The smallest absolute Gasteiger partial charge is 0.305 e. The van der Waals surface area contributed by atoms with E-state index >= 15 is 0 Å². The number of carboxylic acid groups (broad SMARTS) is 1. The highest BCUT2D eigenvalue weighted by atomic mass is 16.4. The maximum absolute atomic E-state index is 12.5. The first-order valence-electron chi connectivity index (χ1n) is 9.65. The zero-order valence-corrected chi connectivity index (χ0v) is 16.9. The quantitative estimate of drug-likeness (QED) is 0.509. The Labute approximate surface area is 174 Å². The van der Waals surface area contributed by atoms with E-state index in [1.54, 1.807) is 25.2 Å². The van der Waals surface area contributed by atoms with Gasteiger partial charge in [-0.1, -0.05) is 6.07 Å². The van der Waals surface area contributed by atoms with Crippen LogP contribution in [0.4, 0.5) is 11.5 Å². The minimum Gasteiger partial charge on any atom is -0.481 e. The Bertz CT molecular complexity index is 962. The van der Waals surface area contributed by atoms with Gasteiger partial charge in [-0.15, -0.1) is 0 Å². The zero-order chi connectivity index (χ0) is 21.7. The highest BCUT2D eigenvalue weighted by molar-refractivity contribution is 5.95. The molecule has 4 N–H and O–H groups in total. The largest absolute Gasteiger partial charge is 0.481 e. The number of carbonyl (C=O) groups is 3. The Hall–Kier alpha value is -3.62. The van der Waals surface area contributed by atoms with E-state index in [9.17, 15) is 14.4 Å². The molecule has 0 saturated carbocycles. The van der Waals surface area contributed by atoms with Crippen LogP contribution in [0.25, 0.3) is 0 Å². The van der Waals surface area contributed by atoms with Gasteiger partial charge >= 0.3 is 5.97 Å². The van der Waals surface area contributed by atoms with Crippen LogP contribution < -0.4 is 16.0 Å². The Kier molecular flexibility index (Phi) is 6.51. The van der Waals surface area contributed by atoms with Gasteiger partial charge in [0.25, 0.3) is 5.91 Å². The van der Waals surface area contributed by atoms with Crippen LogP contribution in [-0.2, 0) is 16.1 Å². The molecule has 2 heterocycles. The average molecular weight is 411 g/mol. The predicted octanol–water partition coefficient (Wildman–Crippen LogP) is 1.46. The van der Waals surface area contributed by atoms with Gasteiger partial charge < -0.3 is 26.0 Å². The number of carbonyl (C=O) groups excluding carboxylic acids is 2. The lowest BCUT2D eigenvalue weighted by molar-refractivity contribution is -0.141. The number of fused-ring (bicyclic) bond motifs is 1. The maximum Gasteiger partial charge on any atom is 0.305 e. The summed E-state index contributed by atoms with van der Waals surface area (Å²) >= 11 is 0. The molecule has 0 spiro atoms. The highest BCUT2D eigenvalue weighted by Gasteiger charge is 2.29. The molecule has 3 rings (SSSR count). The molecule has 0 bridgehead atoms. The van der Waals surface area contributed by atoms with Crippen LogP contribution in [0.2, 0.25) is 0 Å². The summed E-state index contributed by atoms with van der Waals surface area (Å²) in [6.45, 7) is 3.15. The fourth-order valence-corrected chi connectivity index (χ4v) is 3.28. The van der Waals surface area contributed by atoms with Gasteiger partial charge in [-0.2, -0.15) is 0 Å². The van der Waals surface area contributed by atoms with Gasteiger partial charge in [0.15, 0.2) is 0 Å². The predicted molar refractivity (Wildman–Crippen MR) is 112 cm³/mol. The minimum atomic E-state index is -1.05. The molecular formula is C21H25N5O4. The molecule has 9 nitrogen and oxygen atoms in total. The number of aliphatic carboxylic acids is 1. The number of aromatic nitrogens is 1. The number of nitrogens with one attached hydrogen (secondary N) is 3. The van der Waals surface area contributed by atoms with Crippen molar-refractivity contribution >= 4 is 29.3 Å². The first kappa shape index (κ1) is 21.1. The summed E-state index contributed by atoms with van der Waals surface area (Å²) in [4.78, 5) is 41.7. The Balaban J connectivity index is 1.61. The summed E-state index contributed by atoms with van der Waals surface area (Å²) in [6.07, 6.45) is -0.312. The van der Waals surface area contributed by atoms with Crippen LogP contribution >= 0.6 is 0 Å². The van der Waals surface area contributed by atoms with Crippen LogP contribution in [0.5, 0.6) is 0 Å². The molecule has 2 aromatic rings. The van der Waals surface area contributed by atoms with Crippen LogP contribution in [0, 0.1) is 6.92 Å². The molecular weight excluding hydrogens is 386 g/mol. The number of hydrogen-bond acceptors (Lipinski definition) is 6. The number of amides is 2. The molecule has 0 unspecified atom stereocenters. The van der Waals surface area contributed by atoms with Crippen molar-refractivity contribution in [1.82, 2.24) is 15.2 Å². The number of pyridine rings is 1. The van der Waals surface area contributed by atoms with Gasteiger partial charge in [0, 0.05) is 43.6 Å². The number of benzene rings is 1. The molecule has 0 fully saturated rings. The van der Waals surface area contributed by atoms with Crippen molar-refractivity contribution in [2.24, 2.45) is 0 Å². The van der Waals surface area contributed by atoms with Crippen molar-refractivity contribution in [2.45, 2.75) is 25.9 Å². The highest BCUT2D eigenvalue weighted by Crippen LogP contribution is 2.24. The van der Waals surface area contributed by atoms with E-state index in [4.69, 9.17) is 5.11 Å². The van der Waals surface area contributed by atoms with E-state index in [1.807, 2.05) is 25.1 Å². The summed E-state index contributed by atoms with van der Waals surface area (Å²) in [6, 6.07) is 9.94. The van der Waals surface area contributed by atoms with E-state index in [-0.39, 0.29) is 18.2 Å². The molecule has 1 aliphatic rings. The van der Waals surface area contributed by atoms with Crippen molar-refractivity contribution in [1.29, 1.82) is 0 Å². The number of likely N-dealkylation sites (N-methyl/N-ethyl adjacent to an activating group) is 1. The van der Waals surface area contributed by atoms with Crippen molar-refractivity contribution in [3.63, 3.8) is 0 Å². The molecule has 1 aromatic heterocycles. The maximum atomic E-state index is 12.5. The summed E-state index contributed by atoms with van der Waals surface area (Å²) in [5.41, 5.74) is 2.80. The van der Waals surface area contributed by atoms with Crippen molar-refractivity contribution in [3.8, 4) is 0 Å². The topological polar surface area (TPSA) is 124 Å². The molecule has 2 amide bonds. The summed E-state index contributed by atoms with van der Waals surface area (Å²) in [5.74, 6) is -0.820. The third-order valence-corrected chi connectivity index (χ3v) is 4.76. The first-order chi connectivity index (χ1) is 14.3. The number of rotatable bonds is 7. The molecule has 30 heavy (non-hydrogen) atoms. The summed E-state index contributed by atoms with van der Waals surface area (Å²) in [7, 11) is 1.62. The van der Waals surface area contributed by atoms with Gasteiger partial charge in [0.2, 0.25) is 5.91 Å². The van der Waals surface area contributed by atoms with Crippen LogP contribution in [0.1, 0.15) is 28.0 Å². The fraction of sp³-hybridized carbons (Fsp3) is 0.333. The normalized spacial score (nSPS) is 15.6. The van der Waals surface area contributed by atoms with Gasteiger partial charge in [0.1, 0.15) is 11.9 Å². The lowest BCUT2D eigenvalue weighted by Crippen LogP contribution is -2.39. The van der Waals surface area contributed by atoms with Crippen LogP contribution in [0.3, 0.4) is 0 Å². The zero-order valence-electron chi connectivity index (χ0n) is 16.9. The molecule has 1 atom stereocenters. The van der Waals surface area contributed by atoms with Crippen LogP contribution in [0.15, 0.2) is 36.4 Å². The van der Waals surface area contributed by atoms with Crippen molar-refractivity contribution in [2.75, 3.05) is 30.8 Å². The number of anilines is 2. The second-order valence-electron chi connectivity index (χ2n) is 7.21. The molecule has 158 valence electrons. The molecule has 0 aliphatic carbocycles. The summed E-state index contributed by atoms with van der Waals surface area (Å²) in [5, 5.41) is 18.0.